The van der Waals surface area contributed by atoms with E-state index in [1.54, 1.807) is 0 Å². The van der Waals surface area contributed by atoms with Crippen molar-refractivity contribution < 1.29 is 9.90 Å². The summed E-state index contributed by atoms with van der Waals surface area (Å²) in [5, 5.41) is 10.1. The van der Waals surface area contributed by atoms with Gasteiger partial charge in [0.25, 0.3) is 0 Å². The van der Waals surface area contributed by atoms with Crippen LogP contribution in [0.15, 0.2) is 11.6 Å². The van der Waals surface area contributed by atoms with E-state index in [4.69, 9.17) is 0 Å². The van der Waals surface area contributed by atoms with Crippen LogP contribution in [0.1, 0.15) is 79.1 Å². The van der Waals surface area contributed by atoms with Gasteiger partial charge in [-0.1, -0.05) is 31.9 Å². The SMILES string of the molecule is CCCC(C)(O)CCC=C(C)CCCC(C)CC=O. The zero-order chi connectivity index (χ0) is 14.7. The fourth-order valence-electron chi connectivity index (χ4n) is 2.41. The fourth-order valence-corrected chi connectivity index (χ4v) is 2.41. The number of allylic oxidation sites excluding steroid dienone is 2. The van der Waals surface area contributed by atoms with E-state index in [1.807, 2.05) is 6.92 Å². The molecule has 0 spiro atoms. The molecular formula is C17H32O2. The Labute approximate surface area is 119 Å². The van der Waals surface area contributed by atoms with Crippen molar-refractivity contribution in [3.8, 4) is 0 Å². The molecule has 112 valence electrons. The van der Waals surface area contributed by atoms with Gasteiger partial charge in [-0.2, -0.15) is 0 Å². The molecule has 0 aliphatic rings. The molecule has 0 aromatic carbocycles. The Hall–Kier alpha value is -0.630. The van der Waals surface area contributed by atoms with Gasteiger partial charge < -0.3 is 9.90 Å². The molecule has 0 saturated carbocycles. The molecule has 0 heterocycles. The Morgan fingerprint density at radius 3 is 2.63 bits per heavy atom. The Morgan fingerprint density at radius 2 is 2.05 bits per heavy atom. The number of aliphatic hydroxyl groups is 1. The summed E-state index contributed by atoms with van der Waals surface area (Å²) in [5.74, 6) is 0.510. The number of aldehydes is 1. The number of hydrogen-bond donors (Lipinski definition) is 1. The Balaban J connectivity index is 3.79. The third-order valence-corrected chi connectivity index (χ3v) is 3.73. The normalized spacial score (nSPS) is 17.0. The highest BCUT2D eigenvalue weighted by Gasteiger charge is 2.17. The molecule has 0 aromatic rings. The zero-order valence-corrected chi connectivity index (χ0v) is 13.2. The molecule has 0 radical (unpaired) electrons. The van der Waals surface area contributed by atoms with Gasteiger partial charge in [-0.3, -0.25) is 0 Å². The van der Waals surface area contributed by atoms with Crippen LogP contribution in [0, 0.1) is 5.92 Å². The van der Waals surface area contributed by atoms with E-state index in [0.717, 1.165) is 51.2 Å². The van der Waals surface area contributed by atoms with E-state index in [-0.39, 0.29) is 0 Å². The highest BCUT2D eigenvalue weighted by atomic mass is 16.3. The minimum absolute atomic E-state index is 0.510. The third kappa shape index (κ3) is 10.9. The first kappa shape index (κ1) is 18.4. The van der Waals surface area contributed by atoms with Crippen LogP contribution in [0.3, 0.4) is 0 Å². The van der Waals surface area contributed by atoms with E-state index in [9.17, 15) is 9.90 Å². The third-order valence-electron chi connectivity index (χ3n) is 3.73. The van der Waals surface area contributed by atoms with Gasteiger partial charge >= 0.3 is 0 Å². The van der Waals surface area contributed by atoms with Crippen molar-refractivity contribution in [1.29, 1.82) is 0 Å². The van der Waals surface area contributed by atoms with Crippen molar-refractivity contribution in [2.75, 3.05) is 0 Å². The van der Waals surface area contributed by atoms with Crippen LogP contribution in [0.4, 0.5) is 0 Å². The lowest BCUT2D eigenvalue weighted by Crippen LogP contribution is -2.22. The maximum atomic E-state index is 10.4. The molecule has 0 aromatic heterocycles. The second-order valence-corrected chi connectivity index (χ2v) is 6.24. The number of carbonyl (C=O) groups is 1. The van der Waals surface area contributed by atoms with Crippen LogP contribution in [0.25, 0.3) is 0 Å². The topological polar surface area (TPSA) is 37.3 Å². The average molecular weight is 268 g/mol. The molecule has 0 bridgehead atoms. The molecule has 2 unspecified atom stereocenters. The van der Waals surface area contributed by atoms with Crippen LogP contribution >= 0.6 is 0 Å². The first-order valence-corrected chi connectivity index (χ1v) is 7.73. The summed E-state index contributed by atoms with van der Waals surface area (Å²) in [6.45, 7) is 8.34. The largest absolute Gasteiger partial charge is 0.390 e. The van der Waals surface area contributed by atoms with Crippen molar-refractivity contribution in [1.82, 2.24) is 0 Å². The molecule has 0 aliphatic carbocycles. The number of rotatable bonds is 11. The summed E-state index contributed by atoms with van der Waals surface area (Å²) >= 11 is 0. The Morgan fingerprint density at radius 1 is 1.37 bits per heavy atom. The molecule has 0 fully saturated rings. The van der Waals surface area contributed by atoms with Gasteiger partial charge in [0.2, 0.25) is 0 Å². The fraction of sp³-hybridized carbons (Fsp3) is 0.824. The smallest absolute Gasteiger partial charge is 0.120 e. The molecule has 19 heavy (non-hydrogen) atoms. The average Bonchev–Trinajstić information content (AvgIpc) is 2.28. The second kappa shape index (κ2) is 10.2. The second-order valence-electron chi connectivity index (χ2n) is 6.24. The molecule has 2 nitrogen and oxygen atoms in total. The van der Waals surface area contributed by atoms with Gasteiger partial charge in [0, 0.05) is 6.42 Å². The monoisotopic (exact) mass is 268 g/mol. The summed E-state index contributed by atoms with van der Waals surface area (Å²) in [6, 6.07) is 0. The summed E-state index contributed by atoms with van der Waals surface area (Å²) in [5.41, 5.74) is 0.898. The minimum atomic E-state index is -0.510. The lowest BCUT2D eigenvalue weighted by atomic mass is 9.93. The van der Waals surface area contributed by atoms with E-state index >= 15 is 0 Å². The van der Waals surface area contributed by atoms with E-state index in [1.165, 1.54) is 5.57 Å². The molecule has 1 N–H and O–H groups in total. The van der Waals surface area contributed by atoms with E-state index < -0.39 is 5.60 Å². The highest BCUT2D eigenvalue weighted by molar-refractivity contribution is 5.49. The van der Waals surface area contributed by atoms with Gasteiger partial charge in [0.05, 0.1) is 5.60 Å². The number of hydrogen-bond acceptors (Lipinski definition) is 2. The maximum Gasteiger partial charge on any atom is 0.120 e. The molecule has 0 rings (SSSR count). The predicted molar refractivity (Wildman–Crippen MR) is 82.2 cm³/mol. The van der Waals surface area contributed by atoms with Crippen molar-refractivity contribution in [2.24, 2.45) is 5.92 Å². The summed E-state index contributed by atoms with van der Waals surface area (Å²) in [6.07, 6.45) is 11.1. The van der Waals surface area contributed by atoms with Crippen LogP contribution in [-0.2, 0) is 4.79 Å². The molecular weight excluding hydrogens is 236 g/mol. The van der Waals surface area contributed by atoms with Gasteiger partial charge in [0.15, 0.2) is 0 Å². The van der Waals surface area contributed by atoms with E-state index in [2.05, 4.69) is 26.8 Å². The number of carbonyl (C=O) groups excluding carboxylic acids is 1. The summed E-state index contributed by atoms with van der Waals surface area (Å²) < 4.78 is 0. The van der Waals surface area contributed by atoms with Crippen molar-refractivity contribution in [3.63, 3.8) is 0 Å². The van der Waals surface area contributed by atoms with Crippen LogP contribution in [0.5, 0.6) is 0 Å². The predicted octanol–water partition coefficient (Wildman–Crippen LogP) is 4.66. The molecule has 0 saturated heterocycles. The summed E-state index contributed by atoms with van der Waals surface area (Å²) in [4.78, 5) is 10.4. The van der Waals surface area contributed by atoms with Crippen LogP contribution < -0.4 is 0 Å². The Bertz CT molecular complexity index is 266. The molecule has 2 atom stereocenters. The van der Waals surface area contributed by atoms with Gasteiger partial charge in [-0.15, -0.1) is 0 Å². The van der Waals surface area contributed by atoms with Crippen molar-refractivity contribution in [3.05, 3.63) is 11.6 Å². The van der Waals surface area contributed by atoms with Gasteiger partial charge in [-0.25, -0.2) is 0 Å². The van der Waals surface area contributed by atoms with Crippen molar-refractivity contribution >= 4 is 6.29 Å². The lowest BCUT2D eigenvalue weighted by molar-refractivity contribution is -0.108. The summed E-state index contributed by atoms with van der Waals surface area (Å²) in [7, 11) is 0. The van der Waals surface area contributed by atoms with Gasteiger partial charge in [0.1, 0.15) is 6.29 Å². The molecule has 2 heteroatoms. The molecule has 0 aliphatic heterocycles. The van der Waals surface area contributed by atoms with Crippen LogP contribution in [-0.4, -0.2) is 17.0 Å². The minimum Gasteiger partial charge on any atom is -0.390 e. The first-order chi connectivity index (χ1) is 8.91. The van der Waals surface area contributed by atoms with Crippen molar-refractivity contribution in [2.45, 2.75) is 84.7 Å². The maximum absolute atomic E-state index is 10.4. The first-order valence-electron chi connectivity index (χ1n) is 7.73. The standard InChI is InChI=1S/C17H32O2/c1-5-12-17(4,19)13-7-10-15(2)8-6-9-16(3)11-14-18/h10,14,16,19H,5-9,11-13H2,1-4H3. The van der Waals surface area contributed by atoms with E-state index in [0.29, 0.717) is 12.3 Å². The quantitative estimate of drug-likeness (QED) is 0.437. The lowest BCUT2D eigenvalue weighted by Gasteiger charge is -2.21. The Kier molecular flexibility index (Phi) is 9.85. The van der Waals surface area contributed by atoms with Crippen LogP contribution in [0.2, 0.25) is 0 Å². The highest BCUT2D eigenvalue weighted by Crippen LogP contribution is 2.20. The molecule has 0 amide bonds. The zero-order valence-electron chi connectivity index (χ0n) is 13.2. The van der Waals surface area contributed by atoms with Gasteiger partial charge in [-0.05, 0) is 58.3 Å².